The number of hydrogen-bond donors (Lipinski definition) is 1. The number of ether oxygens (including phenoxy) is 1. The fourth-order valence-electron chi connectivity index (χ4n) is 2.77. The minimum atomic E-state index is -0.199. The van der Waals surface area contributed by atoms with Crippen molar-refractivity contribution in [1.29, 1.82) is 0 Å². The Balaban J connectivity index is 1.93. The molecule has 0 bridgehead atoms. The average molecular weight is 228 g/mol. The zero-order valence-electron chi connectivity index (χ0n) is 10.4. The van der Waals surface area contributed by atoms with Gasteiger partial charge in [0.2, 0.25) is 0 Å². The Hall–Kier alpha value is -0.160. The predicted molar refractivity (Wildman–Crippen MR) is 63.5 cm³/mol. The van der Waals surface area contributed by atoms with Crippen LogP contribution in [0.25, 0.3) is 0 Å². The topological polar surface area (TPSA) is 35.9 Å². The van der Waals surface area contributed by atoms with Crippen molar-refractivity contribution in [2.45, 2.75) is 38.0 Å². The smallest absolute Gasteiger partial charge is 0.0739 e. The van der Waals surface area contributed by atoms with Crippen molar-refractivity contribution in [2.24, 2.45) is 0 Å². The van der Waals surface area contributed by atoms with E-state index in [0.717, 1.165) is 26.1 Å². The Bertz CT molecular complexity index is 225. The molecule has 94 valence electrons. The molecule has 2 saturated heterocycles. The lowest BCUT2D eigenvalue weighted by Gasteiger charge is -2.45. The van der Waals surface area contributed by atoms with Crippen molar-refractivity contribution in [3.05, 3.63) is 0 Å². The van der Waals surface area contributed by atoms with Gasteiger partial charge in [0.1, 0.15) is 0 Å². The van der Waals surface area contributed by atoms with Gasteiger partial charge < -0.3 is 14.7 Å². The van der Waals surface area contributed by atoms with Crippen LogP contribution in [0.2, 0.25) is 0 Å². The molecule has 2 fully saturated rings. The van der Waals surface area contributed by atoms with Gasteiger partial charge in [-0.1, -0.05) is 6.92 Å². The highest BCUT2D eigenvalue weighted by Gasteiger charge is 2.33. The molecule has 0 aromatic heterocycles. The van der Waals surface area contributed by atoms with Gasteiger partial charge in [-0.25, -0.2) is 0 Å². The van der Waals surface area contributed by atoms with Gasteiger partial charge in [-0.15, -0.1) is 0 Å². The summed E-state index contributed by atoms with van der Waals surface area (Å²) in [6, 6.07) is 0.847. The molecule has 2 aliphatic rings. The van der Waals surface area contributed by atoms with E-state index in [0.29, 0.717) is 19.3 Å². The maximum absolute atomic E-state index is 10.0. The van der Waals surface area contributed by atoms with E-state index in [1.165, 1.54) is 6.42 Å². The zero-order chi connectivity index (χ0) is 11.5. The van der Waals surface area contributed by atoms with Gasteiger partial charge in [0.05, 0.1) is 18.8 Å². The van der Waals surface area contributed by atoms with Crippen LogP contribution in [-0.2, 0) is 4.74 Å². The molecule has 3 atom stereocenters. The number of piperazine rings is 1. The molecule has 2 rings (SSSR count). The Kier molecular flexibility index (Phi) is 4.19. The van der Waals surface area contributed by atoms with Crippen LogP contribution in [0.15, 0.2) is 0 Å². The molecule has 3 unspecified atom stereocenters. The SMILES string of the molecule is CCC1CN(C2COCCC2O)CCN1C. The van der Waals surface area contributed by atoms with E-state index >= 15 is 0 Å². The first-order valence-corrected chi connectivity index (χ1v) is 6.42. The number of hydrogen-bond acceptors (Lipinski definition) is 4. The average Bonchev–Trinajstić information content (AvgIpc) is 2.31. The summed E-state index contributed by atoms with van der Waals surface area (Å²) in [6.07, 6.45) is 1.76. The van der Waals surface area contributed by atoms with Gasteiger partial charge in [-0.3, -0.25) is 4.90 Å². The molecule has 4 nitrogen and oxygen atoms in total. The molecule has 0 radical (unpaired) electrons. The molecule has 4 heteroatoms. The Morgan fingerprint density at radius 1 is 1.38 bits per heavy atom. The zero-order valence-corrected chi connectivity index (χ0v) is 10.4. The lowest BCUT2D eigenvalue weighted by Crippen LogP contribution is -2.59. The summed E-state index contributed by atoms with van der Waals surface area (Å²) in [5.41, 5.74) is 0. The summed E-state index contributed by atoms with van der Waals surface area (Å²) in [4.78, 5) is 4.84. The maximum Gasteiger partial charge on any atom is 0.0739 e. The molecule has 0 aromatic carbocycles. The quantitative estimate of drug-likeness (QED) is 0.730. The second-order valence-electron chi connectivity index (χ2n) is 5.04. The molecule has 0 saturated carbocycles. The molecule has 0 spiro atoms. The van der Waals surface area contributed by atoms with Crippen molar-refractivity contribution in [3.63, 3.8) is 0 Å². The Morgan fingerprint density at radius 3 is 2.88 bits per heavy atom. The van der Waals surface area contributed by atoms with Crippen LogP contribution in [0.5, 0.6) is 0 Å². The summed E-state index contributed by atoms with van der Waals surface area (Å²) >= 11 is 0. The minimum Gasteiger partial charge on any atom is -0.391 e. The van der Waals surface area contributed by atoms with E-state index in [9.17, 15) is 5.11 Å². The van der Waals surface area contributed by atoms with E-state index < -0.39 is 0 Å². The summed E-state index contributed by atoms with van der Waals surface area (Å²) in [6.45, 7) is 6.86. The van der Waals surface area contributed by atoms with E-state index in [1.807, 2.05) is 0 Å². The normalized spacial score (nSPS) is 38.8. The van der Waals surface area contributed by atoms with E-state index in [4.69, 9.17) is 4.74 Å². The number of nitrogens with zero attached hydrogens (tertiary/aromatic N) is 2. The predicted octanol–water partition coefficient (Wildman–Crippen LogP) is 0.162. The summed E-state index contributed by atoms with van der Waals surface area (Å²) < 4.78 is 5.49. The van der Waals surface area contributed by atoms with Crippen LogP contribution < -0.4 is 0 Å². The number of likely N-dealkylation sites (N-methyl/N-ethyl adjacent to an activating group) is 1. The standard InChI is InChI=1S/C12H24N2O2/c1-3-10-8-14(6-5-13(10)2)11-9-16-7-4-12(11)15/h10-12,15H,3-9H2,1-2H3. The molecule has 1 N–H and O–H groups in total. The molecule has 0 amide bonds. The fraction of sp³-hybridized carbons (Fsp3) is 1.00. The van der Waals surface area contributed by atoms with E-state index in [-0.39, 0.29) is 12.1 Å². The molecular weight excluding hydrogens is 204 g/mol. The molecule has 16 heavy (non-hydrogen) atoms. The largest absolute Gasteiger partial charge is 0.391 e. The molecule has 2 aliphatic heterocycles. The monoisotopic (exact) mass is 228 g/mol. The summed E-state index contributed by atoms with van der Waals surface area (Å²) in [5, 5.41) is 10.0. The van der Waals surface area contributed by atoms with Crippen molar-refractivity contribution < 1.29 is 9.84 Å². The molecule has 0 aliphatic carbocycles. The highest BCUT2D eigenvalue weighted by atomic mass is 16.5. The van der Waals surface area contributed by atoms with Gasteiger partial charge in [-0.05, 0) is 19.9 Å². The first kappa shape index (κ1) is 12.3. The Labute approximate surface area is 98.2 Å². The van der Waals surface area contributed by atoms with Crippen LogP contribution in [0.1, 0.15) is 19.8 Å². The van der Waals surface area contributed by atoms with Crippen LogP contribution in [0.4, 0.5) is 0 Å². The lowest BCUT2D eigenvalue weighted by molar-refractivity contribution is -0.0778. The third-order valence-electron chi connectivity index (χ3n) is 4.04. The first-order chi connectivity index (χ1) is 7.72. The summed E-state index contributed by atoms with van der Waals surface area (Å²) in [7, 11) is 2.19. The Morgan fingerprint density at radius 2 is 2.19 bits per heavy atom. The van der Waals surface area contributed by atoms with Crippen molar-refractivity contribution in [1.82, 2.24) is 9.80 Å². The molecule has 2 heterocycles. The van der Waals surface area contributed by atoms with Gasteiger partial charge in [-0.2, -0.15) is 0 Å². The van der Waals surface area contributed by atoms with Crippen LogP contribution in [0, 0.1) is 0 Å². The van der Waals surface area contributed by atoms with Crippen LogP contribution in [0.3, 0.4) is 0 Å². The van der Waals surface area contributed by atoms with Crippen molar-refractivity contribution in [3.8, 4) is 0 Å². The highest BCUT2D eigenvalue weighted by molar-refractivity contribution is 4.88. The van der Waals surface area contributed by atoms with Crippen LogP contribution in [-0.4, -0.2) is 73.0 Å². The number of aliphatic hydroxyl groups is 1. The van der Waals surface area contributed by atoms with E-state index in [1.54, 1.807) is 0 Å². The maximum atomic E-state index is 10.0. The van der Waals surface area contributed by atoms with E-state index in [2.05, 4.69) is 23.8 Å². The molecule has 0 aromatic rings. The third-order valence-corrected chi connectivity index (χ3v) is 4.04. The lowest BCUT2D eigenvalue weighted by atomic mass is 10.0. The fourth-order valence-corrected chi connectivity index (χ4v) is 2.77. The van der Waals surface area contributed by atoms with Crippen LogP contribution >= 0.6 is 0 Å². The van der Waals surface area contributed by atoms with Gasteiger partial charge in [0, 0.05) is 32.3 Å². The van der Waals surface area contributed by atoms with Crippen molar-refractivity contribution >= 4 is 0 Å². The third kappa shape index (κ3) is 2.56. The van der Waals surface area contributed by atoms with Gasteiger partial charge in [0.15, 0.2) is 0 Å². The first-order valence-electron chi connectivity index (χ1n) is 6.42. The minimum absolute atomic E-state index is 0.199. The number of rotatable bonds is 2. The van der Waals surface area contributed by atoms with Gasteiger partial charge >= 0.3 is 0 Å². The summed E-state index contributed by atoms with van der Waals surface area (Å²) in [5.74, 6) is 0. The highest BCUT2D eigenvalue weighted by Crippen LogP contribution is 2.19. The van der Waals surface area contributed by atoms with Gasteiger partial charge in [0.25, 0.3) is 0 Å². The second-order valence-corrected chi connectivity index (χ2v) is 5.04. The van der Waals surface area contributed by atoms with Crippen molar-refractivity contribution in [2.75, 3.05) is 39.9 Å². The molecular formula is C12H24N2O2. The number of aliphatic hydroxyl groups excluding tert-OH is 1. The second kappa shape index (κ2) is 5.45.